The summed E-state index contributed by atoms with van der Waals surface area (Å²) in [5.74, 6) is -4.12. The Kier molecular flexibility index (Phi) is 11.4. The van der Waals surface area contributed by atoms with Crippen molar-refractivity contribution in [3.8, 4) is 11.1 Å². The number of Topliss-reactive ketones (excluding diaryl/α,β-unsaturated/α-hetero) is 2. The van der Waals surface area contributed by atoms with Crippen molar-refractivity contribution in [1.29, 1.82) is 0 Å². The number of hydrogen-bond acceptors (Lipinski definition) is 10. The molecule has 4 aliphatic rings. The van der Waals surface area contributed by atoms with Gasteiger partial charge in [-0.15, -0.1) is 0 Å². The number of aliphatic hydroxyl groups excluding tert-OH is 1. The largest absolute Gasteiger partial charge is 0.388 e. The quantitative estimate of drug-likeness (QED) is 0.110. The molecule has 0 spiro atoms. The third-order valence-electron chi connectivity index (χ3n) is 12.6. The van der Waals surface area contributed by atoms with Gasteiger partial charge in [0.1, 0.15) is 23.4 Å². The van der Waals surface area contributed by atoms with E-state index in [1.54, 1.807) is 29.3 Å². The van der Waals surface area contributed by atoms with Crippen molar-refractivity contribution in [2.45, 2.75) is 57.0 Å². The fourth-order valence-electron chi connectivity index (χ4n) is 9.01. The third kappa shape index (κ3) is 8.35. The molecule has 1 amide bonds. The zero-order valence-corrected chi connectivity index (χ0v) is 34.8. The molecular weight excluding hydrogens is 840 g/mol. The number of rotatable bonds is 12. The number of carbonyl (C=O) groups is 4. The Morgan fingerprint density at radius 1 is 0.952 bits per heavy atom. The van der Waals surface area contributed by atoms with Gasteiger partial charge in [-0.3, -0.25) is 28.8 Å². The van der Waals surface area contributed by atoms with Gasteiger partial charge in [-0.25, -0.2) is 18.2 Å². The van der Waals surface area contributed by atoms with Gasteiger partial charge in [0.2, 0.25) is 5.78 Å². The van der Waals surface area contributed by atoms with E-state index in [0.29, 0.717) is 48.0 Å². The molecule has 1 saturated carbocycles. The van der Waals surface area contributed by atoms with Gasteiger partial charge < -0.3 is 19.9 Å². The van der Waals surface area contributed by atoms with E-state index in [-0.39, 0.29) is 49.0 Å². The molecule has 328 valence electrons. The monoisotopic (exact) mass is 883 g/mol. The normalized spacial score (nSPS) is 20.5. The second-order valence-corrected chi connectivity index (χ2v) is 18.2. The maximum absolute atomic E-state index is 15.7. The van der Waals surface area contributed by atoms with E-state index in [0.717, 1.165) is 65.0 Å². The first-order valence-electron chi connectivity index (χ1n) is 20.9. The SMILES string of the molecule is O=C1CC[C@@H](N2Cc3cc([C@H](O)CCN4CCN(c5ccc(-c6cnc7[nH]cc(C(=O)c8c(F)ccc(NS(=O)(=O)N9CC[C@@H](F)C9)c8F)c7c6)cc5)CC4)ccc3C2=O)C(=O)C1. The molecule has 2 saturated heterocycles. The summed E-state index contributed by atoms with van der Waals surface area (Å²) in [7, 11) is -4.36. The van der Waals surface area contributed by atoms with Crippen LogP contribution in [0.2, 0.25) is 0 Å². The third-order valence-corrected chi connectivity index (χ3v) is 14.1. The molecule has 14 nitrogen and oxygen atoms in total. The highest BCUT2D eigenvalue weighted by Crippen LogP contribution is 2.34. The number of carbonyl (C=O) groups excluding carboxylic acids is 4. The lowest BCUT2D eigenvalue weighted by Gasteiger charge is -2.36. The zero-order chi connectivity index (χ0) is 44.2. The van der Waals surface area contributed by atoms with E-state index in [4.69, 9.17) is 0 Å². The predicted octanol–water partition coefficient (Wildman–Crippen LogP) is 5.33. The first-order chi connectivity index (χ1) is 30.2. The van der Waals surface area contributed by atoms with Gasteiger partial charge in [0.25, 0.3) is 5.91 Å². The number of amides is 1. The van der Waals surface area contributed by atoms with E-state index in [1.807, 2.05) is 35.1 Å². The number of anilines is 2. The molecule has 3 N–H and O–H groups in total. The van der Waals surface area contributed by atoms with Crippen molar-refractivity contribution in [2.24, 2.45) is 0 Å². The molecule has 2 aromatic heterocycles. The summed E-state index contributed by atoms with van der Waals surface area (Å²) in [6, 6.07) is 15.9. The van der Waals surface area contributed by atoms with Gasteiger partial charge in [-0.2, -0.15) is 12.7 Å². The van der Waals surface area contributed by atoms with Crippen molar-refractivity contribution >= 4 is 55.9 Å². The summed E-state index contributed by atoms with van der Waals surface area (Å²) in [4.78, 5) is 64.5. The first-order valence-corrected chi connectivity index (χ1v) is 22.3. The van der Waals surface area contributed by atoms with Gasteiger partial charge in [0, 0.05) is 98.9 Å². The van der Waals surface area contributed by atoms with Gasteiger partial charge in [-0.05, 0) is 72.4 Å². The smallest absolute Gasteiger partial charge is 0.301 e. The molecule has 9 rings (SSSR count). The fourth-order valence-corrected chi connectivity index (χ4v) is 10.3. The van der Waals surface area contributed by atoms with Crippen LogP contribution in [0.4, 0.5) is 24.5 Å². The number of fused-ring (bicyclic) bond motifs is 2. The molecule has 5 heterocycles. The summed E-state index contributed by atoms with van der Waals surface area (Å²) in [6.45, 7) is 3.52. The summed E-state index contributed by atoms with van der Waals surface area (Å²) >= 11 is 0. The van der Waals surface area contributed by atoms with Crippen molar-refractivity contribution in [1.82, 2.24) is 24.1 Å². The second kappa shape index (κ2) is 17.0. The van der Waals surface area contributed by atoms with Crippen LogP contribution in [-0.4, -0.2) is 119 Å². The van der Waals surface area contributed by atoms with Crippen LogP contribution in [0.25, 0.3) is 22.2 Å². The van der Waals surface area contributed by atoms with E-state index < -0.39 is 63.7 Å². The summed E-state index contributed by atoms with van der Waals surface area (Å²) in [5.41, 5.74) is 3.10. The molecule has 3 aliphatic heterocycles. The number of piperazine rings is 1. The molecule has 3 aromatic carbocycles. The minimum Gasteiger partial charge on any atom is -0.388 e. The molecule has 18 heteroatoms. The highest BCUT2D eigenvalue weighted by Gasteiger charge is 2.39. The lowest BCUT2D eigenvalue weighted by molar-refractivity contribution is -0.133. The van der Waals surface area contributed by atoms with Crippen LogP contribution in [0.5, 0.6) is 0 Å². The fraction of sp³-hybridized carbons (Fsp3) is 0.356. The molecule has 0 bridgehead atoms. The Morgan fingerprint density at radius 3 is 2.46 bits per heavy atom. The average Bonchev–Trinajstić information content (AvgIpc) is 4.00. The molecule has 1 aliphatic carbocycles. The first kappa shape index (κ1) is 42.4. The Labute approximate surface area is 360 Å². The van der Waals surface area contributed by atoms with E-state index in [9.17, 15) is 37.1 Å². The number of hydrogen-bond donors (Lipinski definition) is 3. The molecule has 3 atom stereocenters. The Hall–Kier alpha value is -5.95. The maximum atomic E-state index is 15.7. The number of aliphatic hydroxyl groups is 1. The van der Waals surface area contributed by atoms with Crippen molar-refractivity contribution in [3.05, 3.63) is 113 Å². The molecule has 3 fully saturated rings. The van der Waals surface area contributed by atoms with Crippen LogP contribution in [-0.2, 0) is 26.3 Å². The van der Waals surface area contributed by atoms with Gasteiger partial charge in [-0.1, -0.05) is 24.3 Å². The molecule has 0 unspecified atom stereocenters. The van der Waals surface area contributed by atoms with Crippen LogP contribution >= 0.6 is 0 Å². The minimum absolute atomic E-state index is 0.00456. The predicted molar refractivity (Wildman–Crippen MR) is 227 cm³/mol. The van der Waals surface area contributed by atoms with Crippen molar-refractivity contribution < 1.29 is 45.9 Å². The van der Waals surface area contributed by atoms with Crippen molar-refractivity contribution in [3.63, 3.8) is 0 Å². The summed E-state index contributed by atoms with van der Waals surface area (Å²) in [5, 5.41) is 11.4. The van der Waals surface area contributed by atoms with Crippen LogP contribution in [0.15, 0.2) is 73.1 Å². The minimum atomic E-state index is -4.36. The number of alkyl halides is 1. The highest BCUT2D eigenvalue weighted by atomic mass is 32.2. The van der Waals surface area contributed by atoms with E-state index >= 15 is 8.78 Å². The number of benzene rings is 3. The number of nitrogens with zero attached hydrogens (tertiary/aromatic N) is 5. The van der Waals surface area contributed by atoms with Crippen LogP contribution < -0.4 is 9.62 Å². The number of ketones is 3. The number of aromatic amines is 1. The van der Waals surface area contributed by atoms with Crippen LogP contribution in [0.3, 0.4) is 0 Å². The van der Waals surface area contributed by atoms with E-state index in [1.165, 1.54) is 6.20 Å². The van der Waals surface area contributed by atoms with Gasteiger partial charge in [0.15, 0.2) is 11.6 Å². The zero-order valence-electron chi connectivity index (χ0n) is 34.0. The van der Waals surface area contributed by atoms with E-state index in [2.05, 4.69) is 19.8 Å². The number of nitrogens with one attached hydrogen (secondary N) is 2. The molecular formula is C45H44F3N7O7S. The van der Waals surface area contributed by atoms with Gasteiger partial charge >= 0.3 is 10.2 Å². The maximum Gasteiger partial charge on any atom is 0.301 e. The standard InChI is InChI=1S/C45H44F3N7O7S/c46-30-11-14-54(25-30)63(61,62)51-37-9-8-36(47)41(42(37)48)43(59)35-23-50-44-34(35)20-28(22-49-44)26-1-4-31(5-2-26)53-17-15-52(16-18-53)13-12-39(57)27-3-7-33-29(19-27)24-55(45(33)60)38-10-6-32(56)21-40(38)58/h1-5,7-9,19-20,22-23,30,38-39,51,57H,6,10-18,21,24-25H2,(H,49,50)/t30-,38-,39-/m1/s1. The second-order valence-electron chi connectivity index (χ2n) is 16.6. The van der Waals surface area contributed by atoms with Crippen LogP contribution in [0.1, 0.15) is 75.6 Å². The summed E-state index contributed by atoms with van der Waals surface area (Å²) < 4.78 is 73.0. The Balaban J connectivity index is 0.807. The number of aromatic nitrogens is 2. The van der Waals surface area contributed by atoms with Crippen LogP contribution in [0, 0.1) is 11.6 Å². The highest BCUT2D eigenvalue weighted by molar-refractivity contribution is 7.90. The molecule has 0 radical (unpaired) electrons. The molecule has 5 aromatic rings. The number of halogens is 3. The summed E-state index contributed by atoms with van der Waals surface area (Å²) in [6.07, 6.45) is 1.83. The number of pyridine rings is 1. The van der Waals surface area contributed by atoms with Gasteiger partial charge in [0.05, 0.1) is 29.8 Å². The number of H-pyrrole nitrogens is 1. The average molecular weight is 884 g/mol. The van der Waals surface area contributed by atoms with Crippen molar-refractivity contribution in [2.75, 3.05) is 55.4 Å². The Morgan fingerprint density at radius 2 is 1.73 bits per heavy atom. The topological polar surface area (TPSA) is 176 Å². The lowest BCUT2D eigenvalue weighted by Crippen LogP contribution is -2.46. The Bertz CT molecular complexity index is 2760. The molecule has 63 heavy (non-hydrogen) atoms. The lowest BCUT2D eigenvalue weighted by atomic mass is 9.92.